The molecular weight excluding hydrogens is 392 g/mol. The van der Waals surface area contributed by atoms with Crippen molar-refractivity contribution in [3.8, 4) is 0 Å². The number of carbonyl (C=O) groups excluding carboxylic acids is 2. The molecule has 0 aliphatic carbocycles. The Morgan fingerprint density at radius 1 is 1.40 bits per heavy atom. The van der Waals surface area contributed by atoms with Crippen LogP contribution in [0.1, 0.15) is 16.8 Å². The van der Waals surface area contributed by atoms with Gasteiger partial charge in [-0.25, -0.2) is 4.79 Å². The van der Waals surface area contributed by atoms with Gasteiger partial charge in [0.25, 0.3) is 0 Å². The SMILES string of the molecule is COC(=O)c1cc(Br)cc(Br)c1NC(=O)CC1CNC1. The monoisotopic (exact) mass is 404 g/mol. The lowest BCUT2D eigenvalue weighted by molar-refractivity contribution is -0.117. The second-order valence-electron chi connectivity index (χ2n) is 4.58. The van der Waals surface area contributed by atoms with Crippen molar-refractivity contribution in [1.29, 1.82) is 0 Å². The molecule has 0 bridgehead atoms. The number of methoxy groups -OCH3 is 1. The second kappa shape index (κ2) is 6.69. The molecule has 1 aliphatic rings. The third-order valence-corrected chi connectivity index (χ3v) is 4.15. The fourth-order valence-electron chi connectivity index (χ4n) is 1.92. The van der Waals surface area contributed by atoms with Gasteiger partial charge in [0, 0.05) is 15.4 Å². The maximum absolute atomic E-state index is 12.0. The molecule has 0 atom stereocenters. The molecule has 1 amide bonds. The van der Waals surface area contributed by atoms with Crippen molar-refractivity contribution < 1.29 is 14.3 Å². The minimum atomic E-state index is -0.493. The quantitative estimate of drug-likeness (QED) is 0.755. The normalized spacial score (nSPS) is 14.6. The molecule has 1 saturated heterocycles. The number of nitrogens with one attached hydrogen (secondary N) is 2. The molecule has 1 aromatic rings. The highest BCUT2D eigenvalue weighted by atomic mass is 79.9. The number of esters is 1. The van der Waals surface area contributed by atoms with E-state index in [9.17, 15) is 9.59 Å². The first kappa shape index (κ1) is 15.5. The minimum Gasteiger partial charge on any atom is -0.465 e. The predicted octanol–water partition coefficient (Wildman–Crippen LogP) is 2.55. The number of ether oxygens (including phenoxy) is 1. The van der Waals surface area contributed by atoms with Crippen molar-refractivity contribution in [2.45, 2.75) is 6.42 Å². The molecule has 108 valence electrons. The lowest BCUT2D eigenvalue weighted by Crippen LogP contribution is -2.43. The molecule has 0 spiro atoms. The van der Waals surface area contributed by atoms with Crippen molar-refractivity contribution in [3.63, 3.8) is 0 Å². The van der Waals surface area contributed by atoms with E-state index in [2.05, 4.69) is 42.5 Å². The van der Waals surface area contributed by atoms with Gasteiger partial charge < -0.3 is 15.4 Å². The Bertz CT molecular complexity index is 545. The molecule has 1 fully saturated rings. The lowest BCUT2D eigenvalue weighted by atomic mass is 9.99. The number of hydrogen-bond acceptors (Lipinski definition) is 4. The molecule has 1 heterocycles. The van der Waals surface area contributed by atoms with Gasteiger partial charge in [-0.15, -0.1) is 0 Å². The van der Waals surface area contributed by atoms with Crippen LogP contribution in [0.25, 0.3) is 0 Å². The Morgan fingerprint density at radius 3 is 2.65 bits per heavy atom. The van der Waals surface area contributed by atoms with E-state index < -0.39 is 5.97 Å². The van der Waals surface area contributed by atoms with Crippen LogP contribution in [0.5, 0.6) is 0 Å². The van der Waals surface area contributed by atoms with Gasteiger partial charge in [0.05, 0.1) is 18.4 Å². The summed E-state index contributed by atoms with van der Waals surface area (Å²) in [5.74, 6) is -0.233. The molecule has 0 unspecified atom stereocenters. The zero-order chi connectivity index (χ0) is 14.7. The van der Waals surface area contributed by atoms with Crippen molar-refractivity contribution in [2.24, 2.45) is 5.92 Å². The van der Waals surface area contributed by atoms with E-state index in [4.69, 9.17) is 4.74 Å². The molecule has 2 rings (SSSR count). The van der Waals surface area contributed by atoms with Crippen LogP contribution >= 0.6 is 31.9 Å². The average Bonchev–Trinajstić information content (AvgIpc) is 2.36. The van der Waals surface area contributed by atoms with E-state index in [1.54, 1.807) is 12.1 Å². The predicted molar refractivity (Wildman–Crippen MR) is 82.8 cm³/mol. The van der Waals surface area contributed by atoms with Gasteiger partial charge in [-0.2, -0.15) is 0 Å². The Hall–Kier alpha value is -0.920. The number of amides is 1. The van der Waals surface area contributed by atoms with Crippen LogP contribution in [0.2, 0.25) is 0 Å². The van der Waals surface area contributed by atoms with Crippen LogP contribution in [0.4, 0.5) is 5.69 Å². The zero-order valence-corrected chi connectivity index (χ0v) is 14.0. The fourth-order valence-corrected chi connectivity index (χ4v) is 3.24. The van der Waals surface area contributed by atoms with Crippen LogP contribution in [-0.2, 0) is 9.53 Å². The van der Waals surface area contributed by atoms with Gasteiger partial charge in [0.15, 0.2) is 0 Å². The smallest absolute Gasteiger partial charge is 0.340 e. The molecule has 20 heavy (non-hydrogen) atoms. The van der Waals surface area contributed by atoms with Crippen molar-refractivity contribution in [2.75, 3.05) is 25.5 Å². The maximum Gasteiger partial charge on any atom is 0.340 e. The number of hydrogen-bond donors (Lipinski definition) is 2. The summed E-state index contributed by atoms with van der Waals surface area (Å²) in [7, 11) is 1.31. The van der Waals surface area contributed by atoms with Crippen LogP contribution < -0.4 is 10.6 Å². The van der Waals surface area contributed by atoms with E-state index in [1.807, 2.05) is 0 Å². The Kier molecular flexibility index (Phi) is 5.17. The molecule has 2 N–H and O–H groups in total. The third kappa shape index (κ3) is 3.59. The highest BCUT2D eigenvalue weighted by molar-refractivity contribution is 9.11. The minimum absolute atomic E-state index is 0.107. The molecule has 0 saturated carbocycles. The summed E-state index contributed by atoms with van der Waals surface area (Å²) in [4.78, 5) is 23.8. The first-order chi connectivity index (χ1) is 9.51. The number of halogens is 2. The average molecular weight is 406 g/mol. The van der Waals surface area contributed by atoms with E-state index in [1.165, 1.54) is 7.11 Å². The fraction of sp³-hybridized carbons (Fsp3) is 0.385. The Balaban J connectivity index is 2.20. The molecule has 7 heteroatoms. The van der Waals surface area contributed by atoms with Crippen molar-refractivity contribution in [3.05, 3.63) is 26.6 Å². The summed E-state index contributed by atoms with van der Waals surface area (Å²) < 4.78 is 6.10. The van der Waals surface area contributed by atoms with Gasteiger partial charge in [-0.1, -0.05) is 15.9 Å². The van der Waals surface area contributed by atoms with E-state index in [0.717, 1.165) is 17.6 Å². The highest BCUT2D eigenvalue weighted by Gasteiger charge is 2.22. The van der Waals surface area contributed by atoms with Gasteiger partial charge in [0.2, 0.25) is 5.91 Å². The largest absolute Gasteiger partial charge is 0.465 e. The summed E-state index contributed by atoms with van der Waals surface area (Å²) in [6.07, 6.45) is 0.441. The Morgan fingerprint density at radius 2 is 2.10 bits per heavy atom. The van der Waals surface area contributed by atoms with Crippen molar-refractivity contribution in [1.82, 2.24) is 5.32 Å². The summed E-state index contributed by atoms with van der Waals surface area (Å²) >= 11 is 6.67. The summed E-state index contributed by atoms with van der Waals surface area (Å²) in [6.45, 7) is 1.72. The Labute approximate surface area is 133 Å². The lowest BCUT2D eigenvalue weighted by Gasteiger charge is -2.26. The van der Waals surface area contributed by atoms with Crippen LogP contribution in [0, 0.1) is 5.92 Å². The number of benzene rings is 1. The molecular formula is C13H14Br2N2O3. The molecule has 0 aromatic heterocycles. The van der Waals surface area contributed by atoms with Crippen LogP contribution in [0.15, 0.2) is 21.1 Å². The summed E-state index contributed by atoms with van der Waals surface area (Å²) in [5.41, 5.74) is 0.756. The van der Waals surface area contributed by atoms with E-state index in [0.29, 0.717) is 28.1 Å². The molecule has 5 nitrogen and oxygen atoms in total. The highest BCUT2D eigenvalue weighted by Crippen LogP contribution is 2.31. The number of anilines is 1. The van der Waals surface area contributed by atoms with Gasteiger partial charge in [-0.3, -0.25) is 4.79 Å². The zero-order valence-electron chi connectivity index (χ0n) is 10.8. The van der Waals surface area contributed by atoms with Crippen molar-refractivity contribution >= 4 is 49.4 Å². The summed E-state index contributed by atoms with van der Waals surface area (Å²) in [6, 6.07) is 3.39. The van der Waals surface area contributed by atoms with Gasteiger partial charge >= 0.3 is 5.97 Å². The van der Waals surface area contributed by atoms with Gasteiger partial charge in [0.1, 0.15) is 0 Å². The number of rotatable bonds is 4. The molecule has 1 aromatic carbocycles. The van der Waals surface area contributed by atoms with Crippen LogP contribution in [-0.4, -0.2) is 32.1 Å². The number of carbonyl (C=O) groups is 2. The maximum atomic E-state index is 12.0. The van der Waals surface area contributed by atoms with E-state index in [-0.39, 0.29) is 5.91 Å². The first-order valence-corrected chi connectivity index (χ1v) is 7.67. The second-order valence-corrected chi connectivity index (χ2v) is 6.35. The first-order valence-electron chi connectivity index (χ1n) is 6.09. The molecule has 1 aliphatic heterocycles. The standard InChI is InChI=1S/C13H14Br2N2O3/c1-20-13(19)9-3-8(14)4-10(15)12(9)17-11(18)2-7-5-16-6-7/h3-4,7,16H,2,5-6H2,1H3,(H,17,18). The van der Waals surface area contributed by atoms with Gasteiger partial charge in [-0.05, 0) is 47.1 Å². The molecule has 0 radical (unpaired) electrons. The topological polar surface area (TPSA) is 67.4 Å². The van der Waals surface area contributed by atoms with Crippen LogP contribution in [0.3, 0.4) is 0 Å². The van der Waals surface area contributed by atoms with E-state index >= 15 is 0 Å². The third-order valence-electron chi connectivity index (χ3n) is 3.06. The summed E-state index contributed by atoms with van der Waals surface area (Å²) in [5, 5.41) is 5.90.